The third kappa shape index (κ3) is 19.6. The Bertz CT molecular complexity index is 1560. The van der Waals surface area contributed by atoms with Gasteiger partial charge in [-0.2, -0.15) is 0 Å². The second-order valence-corrected chi connectivity index (χ2v) is 15.5. The molecule has 7 atom stereocenters. The first-order chi connectivity index (χ1) is 27.2. The average Bonchev–Trinajstić information content (AvgIpc) is 3.13. The van der Waals surface area contributed by atoms with E-state index >= 15 is 0 Å². The molecule has 0 spiro atoms. The van der Waals surface area contributed by atoms with Crippen LogP contribution in [0.15, 0.2) is 30.3 Å². The predicted molar refractivity (Wildman–Crippen MR) is 212 cm³/mol. The van der Waals surface area contributed by atoms with E-state index < -0.39 is 103 Å². The van der Waals surface area contributed by atoms with Gasteiger partial charge in [0.25, 0.3) is 0 Å². The van der Waals surface area contributed by atoms with Gasteiger partial charge in [-0.15, -0.1) is 0 Å². The number of hydrogen-bond acceptors (Lipinski definition) is 11. The fourth-order valence-corrected chi connectivity index (χ4v) is 5.78. The zero-order valence-corrected chi connectivity index (χ0v) is 34.1. The van der Waals surface area contributed by atoms with Crippen LogP contribution in [0.2, 0.25) is 0 Å². The monoisotopic (exact) mass is 818 g/mol. The fourth-order valence-electron chi connectivity index (χ4n) is 5.78. The summed E-state index contributed by atoms with van der Waals surface area (Å²) in [6, 6.07) is -0.451. The number of carboxylic acids is 1. The lowest BCUT2D eigenvalue weighted by Gasteiger charge is -2.28. The Morgan fingerprint density at radius 1 is 0.621 bits per heavy atom. The topological polar surface area (TPSA) is 318 Å². The zero-order valence-electron chi connectivity index (χ0n) is 34.1. The number of aliphatic hydroxyl groups excluding tert-OH is 1. The van der Waals surface area contributed by atoms with E-state index in [1.807, 2.05) is 0 Å². The van der Waals surface area contributed by atoms with E-state index in [2.05, 4.69) is 31.9 Å². The molecule has 0 aliphatic heterocycles. The number of rotatable bonds is 27. The summed E-state index contributed by atoms with van der Waals surface area (Å²) in [5, 5.41) is 33.7. The molecule has 324 valence electrons. The summed E-state index contributed by atoms with van der Waals surface area (Å²) in [5.41, 5.74) is 11.6. The molecule has 0 aliphatic rings. The Morgan fingerprint density at radius 2 is 1.02 bits per heavy atom. The second kappa shape index (κ2) is 25.7. The summed E-state index contributed by atoms with van der Waals surface area (Å²) in [4.78, 5) is 115. The molecule has 12 N–H and O–H groups in total. The van der Waals surface area contributed by atoms with E-state index in [1.54, 1.807) is 71.9 Å². The molecule has 19 heteroatoms. The van der Waals surface area contributed by atoms with E-state index in [1.165, 1.54) is 0 Å². The molecule has 0 radical (unpaired) electrons. The molecule has 7 amide bonds. The van der Waals surface area contributed by atoms with Gasteiger partial charge in [0, 0.05) is 12.8 Å². The normalized spacial score (nSPS) is 14.8. The van der Waals surface area contributed by atoms with Crippen molar-refractivity contribution in [3.05, 3.63) is 35.9 Å². The minimum absolute atomic E-state index is 0.0783. The third-order valence-corrected chi connectivity index (χ3v) is 8.67. The van der Waals surface area contributed by atoms with E-state index in [4.69, 9.17) is 16.6 Å². The minimum Gasteiger partial charge on any atom is -0.481 e. The highest BCUT2D eigenvalue weighted by atomic mass is 16.4. The van der Waals surface area contributed by atoms with Crippen molar-refractivity contribution in [2.75, 3.05) is 6.61 Å². The van der Waals surface area contributed by atoms with E-state index in [0.29, 0.717) is 5.56 Å². The van der Waals surface area contributed by atoms with Crippen molar-refractivity contribution >= 4 is 53.6 Å². The number of amides is 7. The van der Waals surface area contributed by atoms with Crippen LogP contribution < -0.4 is 43.4 Å². The van der Waals surface area contributed by atoms with Gasteiger partial charge in [0.15, 0.2) is 0 Å². The summed E-state index contributed by atoms with van der Waals surface area (Å²) in [7, 11) is 0. The lowest BCUT2D eigenvalue weighted by molar-refractivity contribution is -0.139. The molecule has 0 bridgehead atoms. The van der Waals surface area contributed by atoms with Gasteiger partial charge < -0.3 is 58.4 Å². The summed E-state index contributed by atoms with van der Waals surface area (Å²) >= 11 is 0. The molecule has 0 heterocycles. The van der Waals surface area contributed by atoms with Crippen LogP contribution in [0.3, 0.4) is 0 Å². The smallest absolute Gasteiger partial charge is 0.305 e. The van der Waals surface area contributed by atoms with Crippen LogP contribution in [0.25, 0.3) is 0 Å². The fraction of sp³-hybridized carbons (Fsp3) is 0.615. The first-order valence-corrected chi connectivity index (χ1v) is 19.3. The van der Waals surface area contributed by atoms with Crippen molar-refractivity contribution in [1.29, 1.82) is 0 Å². The number of nitrogens with two attached hydrogens (primary N) is 2. The van der Waals surface area contributed by atoms with Crippen LogP contribution in [0.4, 0.5) is 0 Å². The van der Waals surface area contributed by atoms with Crippen molar-refractivity contribution < 1.29 is 53.4 Å². The van der Waals surface area contributed by atoms with Crippen LogP contribution in [-0.2, 0) is 49.6 Å². The number of aliphatic carboxylic acids is 1. The molecule has 0 fully saturated rings. The quantitative estimate of drug-likeness (QED) is 0.0456. The van der Waals surface area contributed by atoms with Crippen LogP contribution in [0.1, 0.15) is 85.6 Å². The highest BCUT2D eigenvalue weighted by Crippen LogP contribution is 2.12. The summed E-state index contributed by atoms with van der Waals surface area (Å²) in [6.07, 6.45) is -0.752. The Hall–Kier alpha value is -5.43. The number of aliphatic hydroxyl groups is 1. The SMILES string of the molecule is CC(C)C[C@H](NC(=O)[C@H](CC(C)C)NC(=O)[C@H](Cc1ccccc1)NC(=O)[C@H](CCC(N)=O)NC(=O)[C@H](CC(C)C)NC(=O)[C@@H](N)CO)C(=O)N[C@H](C=O)CC(=O)O. The number of carbonyl (C=O) groups is 9. The Labute approximate surface area is 338 Å². The third-order valence-electron chi connectivity index (χ3n) is 8.67. The Morgan fingerprint density at radius 3 is 1.43 bits per heavy atom. The summed E-state index contributed by atoms with van der Waals surface area (Å²) in [6.45, 7) is 10.1. The first kappa shape index (κ1) is 50.6. The average molecular weight is 819 g/mol. The molecule has 0 saturated heterocycles. The highest BCUT2D eigenvalue weighted by molar-refractivity contribution is 5.97. The maximum Gasteiger partial charge on any atom is 0.305 e. The number of benzene rings is 1. The van der Waals surface area contributed by atoms with Gasteiger partial charge in [-0.1, -0.05) is 71.9 Å². The zero-order chi connectivity index (χ0) is 44.1. The van der Waals surface area contributed by atoms with Crippen molar-refractivity contribution in [3.63, 3.8) is 0 Å². The van der Waals surface area contributed by atoms with Crippen LogP contribution >= 0.6 is 0 Å². The molecule has 19 nitrogen and oxygen atoms in total. The molecule has 0 aromatic heterocycles. The lowest BCUT2D eigenvalue weighted by atomic mass is 9.98. The maximum atomic E-state index is 14.1. The van der Waals surface area contributed by atoms with Gasteiger partial charge in [0.2, 0.25) is 41.4 Å². The molecule has 0 unspecified atom stereocenters. The van der Waals surface area contributed by atoms with Gasteiger partial charge in [-0.3, -0.25) is 38.4 Å². The summed E-state index contributed by atoms with van der Waals surface area (Å²) < 4.78 is 0. The first-order valence-electron chi connectivity index (χ1n) is 19.3. The molecule has 1 aromatic rings. The van der Waals surface area contributed by atoms with Crippen LogP contribution in [0.5, 0.6) is 0 Å². The number of carboxylic acid groups (broad SMARTS) is 1. The maximum absolute atomic E-state index is 14.1. The Kier molecular flexibility index (Phi) is 22.5. The number of primary amides is 1. The second-order valence-electron chi connectivity index (χ2n) is 15.5. The highest BCUT2D eigenvalue weighted by Gasteiger charge is 2.34. The van der Waals surface area contributed by atoms with Gasteiger partial charge in [-0.25, -0.2) is 0 Å². The van der Waals surface area contributed by atoms with Crippen LogP contribution in [0, 0.1) is 17.8 Å². The van der Waals surface area contributed by atoms with Crippen LogP contribution in [-0.4, -0.2) is 113 Å². The van der Waals surface area contributed by atoms with Crippen molar-refractivity contribution in [2.24, 2.45) is 29.2 Å². The van der Waals surface area contributed by atoms with E-state index in [-0.39, 0.29) is 62.6 Å². The summed E-state index contributed by atoms with van der Waals surface area (Å²) in [5.74, 6) is -7.32. The lowest BCUT2D eigenvalue weighted by Crippen LogP contribution is -2.60. The largest absolute Gasteiger partial charge is 0.481 e. The van der Waals surface area contributed by atoms with Crippen molar-refractivity contribution in [2.45, 2.75) is 129 Å². The van der Waals surface area contributed by atoms with Crippen molar-refractivity contribution in [1.82, 2.24) is 31.9 Å². The van der Waals surface area contributed by atoms with Gasteiger partial charge in [0.05, 0.1) is 19.1 Å². The number of carbonyl (C=O) groups excluding carboxylic acids is 8. The van der Waals surface area contributed by atoms with Gasteiger partial charge in [-0.05, 0) is 49.0 Å². The Balaban J connectivity index is 3.48. The molecule has 1 aromatic carbocycles. The molecule has 58 heavy (non-hydrogen) atoms. The standard InChI is InChI=1S/C39H62N8O11/c1-21(2)14-28(36(55)42-25(19-48)18-33(51)52)45-38(57)30(16-23(5)6)46-39(58)31(17-24-10-8-7-9-11-24)47-35(54)27(12-13-32(41)50)43-37(56)29(15-22(3)4)44-34(53)26(40)20-49/h7-11,19,21-23,25-31,49H,12-18,20,40H2,1-6H3,(H2,41,50)(H,42,55)(H,43,56)(H,44,53)(H,45,57)(H,46,58)(H,47,54)(H,51,52)/t25-,26-,27-,28-,29-,30-,31-/m0/s1. The minimum atomic E-state index is -1.43. The molecular formula is C39H62N8O11. The van der Waals surface area contributed by atoms with Gasteiger partial charge in [0.1, 0.15) is 42.5 Å². The molecule has 0 saturated carbocycles. The molecule has 0 aliphatic carbocycles. The van der Waals surface area contributed by atoms with Crippen molar-refractivity contribution in [3.8, 4) is 0 Å². The number of hydrogen-bond donors (Lipinski definition) is 10. The van der Waals surface area contributed by atoms with E-state index in [9.17, 15) is 48.3 Å². The van der Waals surface area contributed by atoms with Gasteiger partial charge >= 0.3 is 5.97 Å². The number of nitrogens with one attached hydrogen (secondary N) is 6. The number of aldehydes is 1. The molecular weight excluding hydrogens is 756 g/mol. The predicted octanol–water partition coefficient (Wildman–Crippen LogP) is -1.47. The molecule has 1 rings (SSSR count). The van der Waals surface area contributed by atoms with E-state index in [0.717, 1.165) is 0 Å².